The number of amides is 1. The maximum Gasteiger partial charge on any atom is 0.308 e. The lowest BCUT2D eigenvalue weighted by molar-refractivity contribution is -0.131. The smallest absolute Gasteiger partial charge is 0.308 e. The average molecular weight is 286 g/mol. The van der Waals surface area contributed by atoms with Crippen LogP contribution in [-0.2, 0) is 4.79 Å². The van der Waals surface area contributed by atoms with E-state index in [1.54, 1.807) is 37.3 Å². The molecule has 2 N–H and O–H groups in total. The van der Waals surface area contributed by atoms with Gasteiger partial charge in [0.15, 0.2) is 5.69 Å². The zero-order valence-electron chi connectivity index (χ0n) is 11.6. The summed E-state index contributed by atoms with van der Waals surface area (Å²) in [6.45, 7) is 3.11. The van der Waals surface area contributed by atoms with Gasteiger partial charge in [0.05, 0.1) is 6.21 Å². The predicted molar refractivity (Wildman–Crippen MR) is 76.1 cm³/mol. The van der Waals surface area contributed by atoms with E-state index in [1.165, 1.54) is 13.1 Å². The molecule has 2 rings (SSSR count). The van der Waals surface area contributed by atoms with E-state index < -0.39 is 11.9 Å². The molecule has 2 aromatic rings. The van der Waals surface area contributed by atoms with E-state index >= 15 is 0 Å². The van der Waals surface area contributed by atoms with Crippen LogP contribution in [-0.4, -0.2) is 28.3 Å². The van der Waals surface area contributed by atoms with Crippen molar-refractivity contribution in [3.8, 4) is 5.75 Å². The molecule has 1 heterocycles. The molecule has 0 bridgehead atoms. The third kappa shape index (κ3) is 4.00. The van der Waals surface area contributed by atoms with E-state index in [0.29, 0.717) is 11.3 Å². The Bertz CT molecular complexity index is 691. The number of H-pyrrole nitrogens is 1. The highest BCUT2D eigenvalue weighted by atomic mass is 16.5. The molecule has 0 atom stereocenters. The normalized spacial score (nSPS) is 10.6. The van der Waals surface area contributed by atoms with E-state index in [4.69, 9.17) is 4.74 Å². The number of aromatic nitrogens is 2. The number of aryl methyl sites for hydroxylation is 1. The summed E-state index contributed by atoms with van der Waals surface area (Å²) in [6.07, 6.45) is 1.40. The van der Waals surface area contributed by atoms with E-state index in [-0.39, 0.29) is 5.69 Å². The summed E-state index contributed by atoms with van der Waals surface area (Å²) in [7, 11) is 0. The summed E-state index contributed by atoms with van der Waals surface area (Å²) in [5, 5.41) is 10.3. The highest BCUT2D eigenvalue weighted by molar-refractivity contribution is 5.93. The lowest BCUT2D eigenvalue weighted by atomic mass is 10.2. The number of carbonyl (C=O) groups excluding carboxylic acids is 2. The van der Waals surface area contributed by atoms with Crippen LogP contribution in [0.5, 0.6) is 5.75 Å². The van der Waals surface area contributed by atoms with Crippen molar-refractivity contribution in [1.29, 1.82) is 0 Å². The third-order valence-electron chi connectivity index (χ3n) is 2.48. The molecule has 21 heavy (non-hydrogen) atoms. The van der Waals surface area contributed by atoms with Crippen molar-refractivity contribution in [2.75, 3.05) is 0 Å². The fourth-order valence-electron chi connectivity index (χ4n) is 1.59. The molecule has 0 fully saturated rings. The van der Waals surface area contributed by atoms with Crippen LogP contribution >= 0.6 is 0 Å². The van der Waals surface area contributed by atoms with E-state index in [2.05, 4.69) is 20.7 Å². The number of hydrazone groups is 1. The average Bonchev–Trinajstić information content (AvgIpc) is 2.87. The molecule has 108 valence electrons. The summed E-state index contributed by atoms with van der Waals surface area (Å²) < 4.78 is 5.03. The highest BCUT2D eigenvalue weighted by Gasteiger charge is 2.08. The Hall–Kier alpha value is -2.96. The molecule has 1 aromatic carbocycles. The molecule has 0 aliphatic heterocycles. The number of aromatic amines is 1. The van der Waals surface area contributed by atoms with Gasteiger partial charge >= 0.3 is 5.97 Å². The Morgan fingerprint density at radius 1 is 1.38 bits per heavy atom. The van der Waals surface area contributed by atoms with Crippen molar-refractivity contribution in [2.45, 2.75) is 13.8 Å². The molecule has 0 saturated heterocycles. The number of hydrogen-bond acceptors (Lipinski definition) is 5. The molecule has 0 radical (unpaired) electrons. The molecule has 7 heteroatoms. The number of rotatable bonds is 4. The van der Waals surface area contributed by atoms with Crippen molar-refractivity contribution in [3.63, 3.8) is 0 Å². The highest BCUT2D eigenvalue weighted by Crippen LogP contribution is 2.15. The Kier molecular flexibility index (Phi) is 4.45. The first-order chi connectivity index (χ1) is 10.1. The van der Waals surface area contributed by atoms with Gasteiger partial charge in [0.2, 0.25) is 0 Å². The largest absolute Gasteiger partial charge is 0.426 e. The second-order valence-electron chi connectivity index (χ2n) is 4.27. The zero-order valence-corrected chi connectivity index (χ0v) is 11.6. The van der Waals surface area contributed by atoms with Gasteiger partial charge in [-0.3, -0.25) is 14.7 Å². The van der Waals surface area contributed by atoms with Crippen LogP contribution in [0.3, 0.4) is 0 Å². The van der Waals surface area contributed by atoms with Crippen molar-refractivity contribution in [2.24, 2.45) is 5.10 Å². The Morgan fingerprint density at radius 3 is 2.81 bits per heavy atom. The molecule has 0 saturated carbocycles. The Morgan fingerprint density at radius 2 is 2.14 bits per heavy atom. The van der Waals surface area contributed by atoms with Crippen molar-refractivity contribution in [1.82, 2.24) is 15.6 Å². The monoisotopic (exact) mass is 286 g/mol. The third-order valence-corrected chi connectivity index (χ3v) is 2.48. The molecular weight excluding hydrogens is 272 g/mol. The van der Waals surface area contributed by atoms with Crippen LogP contribution in [0.2, 0.25) is 0 Å². The van der Waals surface area contributed by atoms with E-state index in [9.17, 15) is 9.59 Å². The number of nitrogens with zero attached hydrogens (tertiary/aromatic N) is 2. The maximum absolute atomic E-state index is 11.7. The van der Waals surface area contributed by atoms with Gasteiger partial charge in [0.25, 0.3) is 5.91 Å². The molecule has 0 unspecified atom stereocenters. The van der Waals surface area contributed by atoms with E-state index in [0.717, 1.165) is 5.69 Å². The molecule has 7 nitrogen and oxygen atoms in total. The number of para-hydroxylation sites is 1. The maximum atomic E-state index is 11.7. The van der Waals surface area contributed by atoms with Crippen LogP contribution in [0.1, 0.15) is 28.7 Å². The minimum absolute atomic E-state index is 0.248. The second-order valence-corrected chi connectivity index (χ2v) is 4.27. The number of carbonyl (C=O) groups is 2. The van der Waals surface area contributed by atoms with Gasteiger partial charge in [0.1, 0.15) is 5.75 Å². The minimum atomic E-state index is -0.430. The Labute approximate surface area is 121 Å². The van der Waals surface area contributed by atoms with Gasteiger partial charge in [-0.2, -0.15) is 10.2 Å². The zero-order chi connectivity index (χ0) is 15.2. The van der Waals surface area contributed by atoms with Gasteiger partial charge in [-0.25, -0.2) is 5.43 Å². The first-order valence-corrected chi connectivity index (χ1v) is 6.19. The van der Waals surface area contributed by atoms with Crippen LogP contribution in [0.4, 0.5) is 0 Å². The van der Waals surface area contributed by atoms with Crippen LogP contribution in [0.15, 0.2) is 35.4 Å². The summed E-state index contributed by atoms with van der Waals surface area (Å²) in [4.78, 5) is 22.7. The lowest BCUT2D eigenvalue weighted by Crippen LogP contribution is -2.18. The van der Waals surface area contributed by atoms with Gasteiger partial charge in [-0.1, -0.05) is 12.1 Å². The first-order valence-electron chi connectivity index (χ1n) is 6.19. The van der Waals surface area contributed by atoms with Crippen LogP contribution in [0, 0.1) is 6.92 Å². The van der Waals surface area contributed by atoms with Crippen molar-refractivity contribution >= 4 is 18.1 Å². The summed E-state index contributed by atoms with van der Waals surface area (Å²) >= 11 is 0. The van der Waals surface area contributed by atoms with Crippen LogP contribution in [0.25, 0.3) is 0 Å². The molecule has 0 spiro atoms. The number of hydrogen-bond donors (Lipinski definition) is 2. The fraction of sp³-hybridized carbons (Fsp3) is 0.143. The Balaban J connectivity index is 2.04. The molecule has 1 amide bonds. The van der Waals surface area contributed by atoms with Crippen molar-refractivity contribution in [3.05, 3.63) is 47.3 Å². The number of benzene rings is 1. The SMILES string of the molecule is CC(=O)Oc1ccccc1C=NNC(=O)c1cc(C)[nH]n1. The predicted octanol–water partition coefficient (Wildman–Crippen LogP) is 1.41. The number of ether oxygens (including phenoxy) is 1. The topological polar surface area (TPSA) is 96.4 Å². The molecule has 0 aliphatic carbocycles. The fourth-order valence-corrected chi connectivity index (χ4v) is 1.59. The minimum Gasteiger partial charge on any atom is -0.426 e. The first kappa shape index (κ1) is 14.4. The van der Waals surface area contributed by atoms with Gasteiger partial charge in [-0.15, -0.1) is 0 Å². The van der Waals surface area contributed by atoms with Gasteiger partial charge < -0.3 is 4.74 Å². The quantitative estimate of drug-likeness (QED) is 0.384. The van der Waals surface area contributed by atoms with Crippen LogP contribution < -0.4 is 10.2 Å². The summed E-state index contributed by atoms with van der Waals surface area (Å²) in [6, 6.07) is 8.47. The van der Waals surface area contributed by atoms with Crippen molar-refractivity contribution < 1.29 is 14.3 Å². The second kappa shape index (κ2) is 6.47. The van der Waals surface area contributed by atoms with E-state index in [1.807, 2.05) is 0 Å². The number of esters is 1. The number of nitrogens with one attached hydrogen (secondary N) is 2. The van der Waals surface area contributed by atoms with Gasteiger partial charge in [-0.05, 0) is 25.1 Å². The summed E-state index contributed by atoms with van der Waals surface area (Å²) in [5.74, 6) is -0.480. The molecular formula is C14H14N4O3. The molecule has 0 aliphatic rings. The lowest BCUT2D eigenvalue weighted by Gasteiger charge is -2.04. The standard InChI is InChI=1S/C14H14N4O3/c1-9-7-12(17-16-9)14(20)18-15-8-11-5-3-4-6-13(11)21-10(2)19/h3-8H,1-2H3,(H,16,17)(H,18,20). The molecule has 1 aromatic heterocycles. The summed E-state index contributed by atoms with van der Waals surface area (Å²) in [5.41, 5.74) is 3.95. The van der Waals surface area contributed by atoms with Gasteiger partial charge in [0, 0.05) is 18.2 Å².